The number of benzene rings is 1. The molecule has 0 aliphatic heterocycles. The van der Waals surface area contributed by atoms with E-state index in [0.29, 0.717) is 10.8 Å². The third-order valence-electron chi connectivity index (χ3n) is 3.20. The van der Waals surface area contributed by atoms with E-state index in [-0.39, 0.29) is 12.4 Å². The maximum absolute atomic E-state index is 11.8. The summed E-state index contributed by atoms with van der Waals surface area (Å²) >= 11 is 5.80. The minimum Gasteiger partial charge on any atom is -0.293 e. The molecule has 1 aliphatic carbocycles. The number of amides is 1. The van der Waals surface area contributed by atoms with Crippen molar-refractivity contribution in [1.82, 2.24) is 15.2 Å². The molecule has 0 unspecified atom stereocenters. The molecule has 8 nitrogen and oxygen atoms in total. The van der Waals surface area contributed by atoms with Crippen LogP contribution in [0.15, 0.2) is 24.3 Å². The molecule has 0 spiro atoms. The highest BCUT2D eigenvalue weighted by Gasteiger charge is 2.53. The maximum atomic E-state index is 11.8. The van der Waals surface area contributed by atoms with E-state index in [1.54, 1.807) is 24.3 Å². The van der Waals surface area contributed by atoms with Gasteiger partial charge in [-0.25, -0.2) is 0 Å². The normalized spacial score (nSPS) is 20.0. The predicted molar refractivity (Wildman–Crippen MR) is 74.3 cm³/mol. The molecule has 1 amide bonds. The molecule has 0 bridgehead atoms. The molecule has 1 fully saturated rings. The second kappa shape index (κ2) is 5.13. The number of hydrogen-bond donors (Lipinski definition) is 2. The van der Waals surface area contributed by atoms with E-state index in [9.17, 15) is 14.9 Å². The molecule has 0 radical (unpaired) electrons. The summed E-state index contributed by atoms with van der Waals surface area (Å²) in [4.78, 5) is 26.0. The molecule has 1 aromatic carbocycles. The van der Waals surface area contributed by atoms with Crippen molar-refractivity contribution < 1.29 is 9.72 Å². The van der Waals surface area contributed by atoms with Crippen molar-refractivity contribution >= 4 is 23.5 Å². The van der Waals surface area contributed by atoms with Crippen LogP contribution >= 0.6 is 11.6 Å². The summed E-state index contributed by atoms with van der Waals surface area (Å²) in [5.41, 5.74) is 0.766. The van der Waals surface area contributed by atoms with Crippen LogP contribution in [-0.2, 0) is 4.79 Å². The van der Waals surface area contributed by atoms with E-state index in [1.807, 2.05) is 0 Å². The van der Waals surface area contributed by atoms with E-state index in [4.69, 9.17) is 11.6 Å². The van der Waals surface area contributed by atoms with E-state index >= 15 is 0 Å². The van der Waals surface area contributed by atoms with Gasteiger partial charge in [-0.2, -0.15) is 4.98 Å². The lowest BCUT2D eigenvalue weighted by molar-refractivity contribution is -0.497. The molecule has 1 aromatic heterocycles. The Hall–Kier alpha value is -2.48. The second-order valence-electron chi connectivity index (χ2n) is 4.70. The first-order valence-corrected chi connectivity index (χ1v) is 6.55. The number of carbonyl (C=O) groups is 1. The lowest BCUT2D eigenvalue weighted by atomic mass is 10.2. The number of rotatable bonds is 4. The third-order valence-corrected chi connectivity index (χ3v) is 3.45. The fourth-order valence-corrected chi connectivity index (χ4v) is 2.08. The number of halogens is 1. The van der Waals surface area contributed by atoms with E-state index in [2.05, 4.69) is 20.5 Å². The van der Waals surface area contributed by atoms with Crippen molar-refractivity contribution in [3.8, 4) is 11.4 Å². The topological polar surface area (TPSA) is 114 Å². The Morgan fingerprint density at radius 1 is 1.43 bits per heavy atom. The Bertz CT molecular complexity index is 699. The number of H-pyrrole nitrogens is 1. The van der Waals surface area contributed by atoms with Crippen LogP contribution in [0.2, 0.25) is 5.02 Å². The van der Waals surface area contributed by atoms with Crippen LogP contribution in [0.1, 0.15) is 6.42 Å². The predicted octanol–water partition coefficient (Wildman–Crippen LogP) is 1.73. The number of anilines is 1. The smallest absolute Gasteiger partial charge is 0.249 e. The minimum atomic E-state index is -0.792. The summed E-state index contributed by atoms with van der Waals surface area (Å²) in [5, 5.41) is 20.1. The summed E-state index contributed by atoms with van der Waals surface area (Å²) < 4.78 is 0. The molecule has 0 saturated heterocycles. The van der Waals surface area contributed by atoms with Gasteiger partial charge in [-0.3, -0.25) is 25.3 Å². The van der Waals surface area contributed by atoms with Gasteiger partial charge >= 0.3 is 0 Å². The van der Waals surface area contributed by atoms with Crippen molar-refractivity contribution in [3.63, 3.8) is 0 Å². The molecule has 1 aliphatic rings. The molecule has 2 aromatic rings. The second-order valence-corrected chi connectivity index (χ2v) is 5.14. The zero-order chi connectivity index (χ0) is 15.0. The zero-order valence-corrected chi connectivity index (χ0v) is 11.4. The van der Waals surface area contributed by atoms with Crippen LogP contribution in [0.25, 0.3) is 11.4 Å². The maximum Gasteiger partial charge on any atom is 0.249 e. The molecule has 2 N–H and O–H groups in total. The molecule has 108 valence electrons. The standard InChI is InChI=1S/C12H10ClN5O3/c13-7-3-1-6(2-4-7)10-14-12(17-16-10)15-11(19)8-5-9(8)18(20)21/h1-4,8-9H,5H2,(H2,14,15,16,17,19)/t8-,9-/m1/s1. The van der Waals surface area contributed by atoms with Crippen LogP contribution in [0, 0.1) is 16.0 Å². The van der Waals surface area contributed by atoms with Crippen molar-refractivity contribution in [2.45, 2.75) is 12.5 Å². The summed E-state index contributed by atoms with van der Waals surface area (Å²) in [6.45, 7) is 0. The molecule has 1 heterocycles. The van der Waals surface area contributed by atoms with Gasteiger partial charge in [0, 0.05) is 21.9 Å². The first-order chi connectivity index (χ1) is 10.0. The monoisotopic (exact) mass is 307 g/mol. The molecule has 9 heteroatoms. The molecule has 21 heavy (non-hydrogen) atoms. The van der Waals surface area contributed by atoms with Gasteiger partial charge in [-0.05, 0) is 24.3 Å². The van der Waals surface area contributed by atoms with Crippen molar-refractivity contribution in [2.24, 2.45) is 5.92 Å². The summed E-state index contributed by atoms with van der Waals surface area (Å²) in [5.74, 6) is -0.460. The van der Waals surface area contributed by atoms with Crippen molar-refractivity contribution in [3.05, 3.63) is 39.4 Å². The van der Waals surface area contributed by atoms with E-state index < -0.39 is 22.8 Å². The SMILES string of the molecule is O=C(Nc1n[nH]c(-c2ccc(Cl)cc2)n1)[C@@H]1C[C@H]1[N+](=O)[O-]. The number of nitrogens with zero attached hydrogens (tertiary/aromatic N) is 3. The van der Waals surface area contributed by atoms with Crippen LogP contribution in [0.5, 0.6) is 0 Å². The first kappa shape index (κ1) is 13.5. The number of aromatic amines is 1. The first-order valence-electron chi connectivity index (χ1n) is 6.17. The fourth-order valence-electron chi connectivity index (χ4n) is 1.95. The summed E-state index contributed by atoms with van der Waals surface area (Å²) in [6.07, 6.45) is 0.257. The van der Waals surface area contributed by atoms with Gasteiger partial charge in [-0.1, -0.05) is 11.6 Å². The van der Waals surface area contributed by atoms with Gasteiger partial charge in [0.25, 0.3) is 0 Å². The van der Waals surface area contributed by atoms with Crippen LogP contribution in [0.4, 0.5) is 5.95 Å². The lowest BCUT2D eigenvalue weighted by Gasteiger charge is -1.97. The number of aromatic nitrogens is 3. The third kappa shape index (κ3) is 2.84. The van der Waals surface area contributed by atoms with Gasteiger partial charge in [-0.15, -0.1) is 5.10 Å². The van der Waals surface area contributed by atoms with Crippen LogP contribution in [0.3, 0.4) is 0 Å². The Morgan fingerprint density at radius 3 is 2.76 bits per heavy atom. The Kier molecular flexibility index (Phi) is 3.30. The highest BCUT2D eigenvalue weighted by atomic mass is 35.5. The quantitative estimate of drug-likeness (QED) is 0.659. The van der Waals surface area contributed by atoms with E-state index in [1.165, 1.54) is 0 Å². The average molecular weight is 308 g/mol. The largest absolute Gasteiger partial charge is 0.293 e. The van der Waals surface area contributed by atoms with Gasteiger partial charge in [0.15, 0.2) is 5.82 Å². The van der Waals surface area contributed by atoms with Crippen molar-refractivity contribution in [1.29, 1.82) is 0 Å². The number of nitrogens with one attached hydrogen (secondary N) is 2. The zero-order valence-electron chi connectivity index (χ0n) is 10.6. The molecular weight excluding hydrogens is 298 g/mol. The van der Waals surface area contributed by atoms with Gasteiger partial charge in [0.05, 0.1) is 0 Å². The molecular formula is C12H10ClN5O3. The molecule has 3 rings (SSSR count). The number of hydrogen-bond acceptors (Lipinski definition) is 5. The number of nitro groups is 1. The highest BCUT2D eigenvalue weighted by Crippen LogP contribution is 2.33. The minimum absolute atomic E-state index is 0.0962. The Balaban J connectivity index is 1.67. The van der Waals surface area contributed by atoms with Gasteiger partial charge < -0.3 is 0 Å². The van der Waals surface area contributed by atoms with Crippen LogP contribution < -0.4 is 5.32 Å². The Morgan fingerprint density at radius 2 is 2.14 bits per heavy atom. The van der Waals surface area contributed by atoms with Gasteiger partial charge in [0.2, 0.25) is 17.9 Å². The molecule has 2 atom stereocenters. The summed E-state index contributed by atoms with van der Waals surface area (Å²) in [6, 6.07) is 6.16. The summed E-state index contributed by atoms with van der Waals surface area (Å²) in [7, 11) is 0. The van der Waals surface area contributed by atoms with Gasteiger partial charge in [0.1, 0.15) is 5.92 Å². The Labute approximate surface area is 123 Å². The number of carbonyl (C=O) groups excluding carboxylic acids is 1. The molecule has 1 saturated carbocycles. The van der Waals surface area contributed by atoms with Crippen molar-refractivity contribution in [2.75, 3.05) is 5.32 Å². The lowest BCUT2D eigenvalue weighted by Crippen LogP contribution is -2.19. The fraction of sp³-hybridized carbons (Fsp3) is 0.250. The highest BCUT2D eigenvalue weighted by molar-refractivity contribution is 6.30. The average Bonchev–Trinajstić information content (AvgIpc) is 3.14. The van der Waals surface area contributed by atoms with E-state index in [0.717, 1.165) is 5.56 Å². The van der Waals surface area contributed by atoms with Crippen LogP contribution in [-0.4, -0.2) is 32.1 Å².